The molecule has 2 nitrogen and oxygen atoms in total. The van der Waals surface area contributed by atoms with Gasteiger partial charge in [0.1, 0.15) is 0 Å². The van der Waals surface area contributed by atoms with E-state index in [1.807, 2.05) is 0 Å². The van der Waals surface area contributed by atoms with Crippen molar-refractivity contribution in [3.8, 4) is 0 Å². The predicted molar refractivity (Wildman–Crippen MR) is 90.7 cm³/mol. The maximum atomic E-state index is 6.04. The van der Waals surface area contributed by atoms with E-state index in [1.165, 1.54) is 49.0 Å². The highest BCUT2D eigenvalue weighted by molar-refractivity contribution is 5.55. The van der Waals surface area contributed by atoms with Crippen molar-refractivity contribution in [3.05, 3.63) is 29.3 Å². The summed E-state index contributed by atoms with van der Waals surface area (Å²) in [6.45, 7) is 5.49. The van der Waals surface area contributed by atoms with Crippen LogP contribution in [0, 0.1) is 24.7 Å². The molecule has 1 aromatic carbocycles. The van der Waals surface area contributed by atoms with Gasteiger partial charge in [-0.05, 0) is 68.9 Å². The molecule has 116 valence electrons. The number of hydrogen-bond donors (Lipinski definition) is 1. The summed E-state index contributed by atoms with van der Waals surface area (Å²) in [6.07, 6.45) is 6.90. The lowest BCUT2D eigenvalue weighted by atomic mass is 9.88. The fourth-order valence-corrected chi connectivity index (χ4v) is 4.65. The first-order chi connectivity index (χ1) is 10.0. The molecule has 0 radical (unpaired) electrons. The van der Waals surface area contributed by atoms with Crippen molar-refractivity contribution < 1.29 is 0 Å². The highest BCUT2D eigenvalue weighted by Gasteiger charge is 2.39. The summed E-state index contributed by atoms with van der Waals surface area (Å²) >= 11 is 0. The number of benzene rings is 1. The first-order valence-electron chi connectivity index (χ1n) is 8.59. The molecule has 0 aromatic heterocycles. The highest BCUT2D eigenvalue weighted by atomic mass is 15.1. The normalized spacial score (nSPS) is 28.9. The molecule has 2 aliphatic rings. The van der Waals surface area contributed by atoms with Gasteiger partial charge in [0.15, 0.2) is 0 Å². The molecule has 4 unspecified atom stereocenters. The quantitative estimate of drug-likeness (QED) is 0.893. The van der Waals surface area contributed by atoms with Crippen LogP contribution < -0.4 is 10.6 Å². The average molecular weight is 286 g/mol. The highest BCUT2D eigenvalue weighted by Crippen LogP contribution is 2.48. The Balaban J connectivity index is 1.73. The molecule has 0 aliphatic heterocycles. The molecule has 0 amide bonds. The molecule has 0 spiro atoms. The Labute approximate surface area is 129 Å². The molecule has 2 aliphatic carbocycles. The van der Waals surface area contributed by atoms with E-state index in [4.69, 9.17) is 5.73 Å². The van der Waals surface area contributed by atoms with Gasteiger partial charge in [-0.3, -0.25) is 0 Å². The standard InChI is InChI=1S/C19H30N2/c1-13-4-7-19(17(8-13)9-14(2)20)21(3)12-18-11-15-5-6-16(18)10-15/h4,7-8,14-16,18H,5-6,9-12,20H2,1-3H3. The molecule has 21 heavy (non-hydrogen) atoms. The minimum atomic E-state index is 0.224. The van der Waals surface area contributed by atoms with Gasteiger partial charge in [-0.25, -0.2) is 0 Å². The summed E-state index contributed by atoms with van der Waals surface area (Å²) in [7, 11) is 2.27. The van der Waals surface area contributed by atoms with Crippen LogP contribution in [0.5, 0.6) is 0 Å². The molecule has 0 saturated heterocycles. The lowest BCUT2D eigenvalue weighted by molar-refractivity contribution is 0.337. The Hall–Kier alpha value is -1.02. The van der Waals surface area contributed by atoms with Crippen molar-refractivity contribution in [3.63, 3.8) is 0 Å². The van der Waals surface area contributed by atoms with E-state index >= 15 is 0 Å². The zero-order valence-corrected chi connectivity index (χ0v) is 13.8. The topological polar surface area (TPSA) is 29.3 Å². The SMILES string of the molecule is Cc1ccc(N(C)CC2CC3CCC2C3)c(CC(C)N)c1. The second-order valence-electron chi connectivity index (χ2n) is 7.63. The van der Waals surface area contributed by atoms with Gasteiger partial charge in [-0.15, -0.1) is 0 Å². The molecule has 1 aromatic rings. The Morgan fingerprint density at radius 1 is 1.29 bits per heavy atom. The summed E-state index contributed by atoms with van der Waals surface area (Å²) in [5, 5.41) is 0. The van der Waals surface area contributed by atoms with Crippen LogP contribution in [-0.2, 0) is 6.42 Å². The summed E-state index contributed by atoms with van der Waals surface area (Å²) in [5.41, 5.74) is 10.2. The van der Waals surface area contributed by atoms with Gasteiger partial charge in [-0.1, -0.05) is 24.1 Å². The average Bonchev–Trinajstić information content (AvgIpc) is 3.00. The predicted octanol–water partition coefficient (Wildman–Crippen LogP) is 3.76. The fourth-order valence-electron chi connectivity index (χ4n) is 4.65. The van der Waals surface area contributed by atoms with Crippen molar-refractivity contribution in [1.29, 1.82) is 0 Å². The molecule has 2 N–H and O–H groups in total. The van der Waals surface area contributed by atoms with Gasteiger partial charge >= 0.3 is 0 Å². The van der Waals surface area contributed by atoms with E-state index < -0.39 is 0 Å². The molecule has 3 rings (SSSR count). The second-order valence-corrected chi connectivity index (χ2v) is 7.63. The summed E-state index contributed by atoms with van der Waals surface area (Å²) in [5.74, 6) is 2.95. The smallest absolute Gasteiger partial charge is 0.0397 e. The largest absolute Gasteiger partial charge is 0.374 e. The van der Waals surface area contributed by atoms with Crippen LogP contribution in [0.15, 0.2) is 18.2 Å². The third-order valence-electron chi connectivity index (χ3n) is 5.58. The van der Waals surface area contributed by atoms with Gasteiger partial charge in [0.25, 0.3) is 0 Å². The molecule has 2 saturated carbocycles. The number of anilines is 1. The lowest BCUT2D eigenvalue weighted by Gasteiger charge is -2.30. The lowest BCUT2D eigenvalue weighted by Crippen LogP contribution is -2.30. The third-order valence-corrected chi connectivity index (χ3v) is 5.58. The second kappa shape index (κ2) is 6.00. The first-order valence-corrected chi connectivity index (χ1v) is 8.59. The van der Waals surface area contributed by atoms with Crippen LogP contribution in [0.4, 0.5) is 5.69 Å². The van der Waals surface area contributed by atoms with Crippen molar-refractivity contribution in [2.24, 2.45) is 23.5 Å². The minimum Gasteiger partial charge on any atom is -0.374 e. The number of rotatable bonds is 5. The van der Waals surface area contributed by atoms with Crippen LogP contribution in [0.3, 0.4) is 0 Å². The molecule has 4 atom stereocenters. The third kappa shape index (κ3) is 3.26. The van der Waals surface area contributed by atoms with Crippen LogP contribution in [0.1, 0.15) is 43.7 Å². The van der Waals surface area contributed by atoms with E-state index in [9.17, 15) is 0 Å². The number of fused-ring (bicyclic) bond motifs is 2. The van der Waals surface area contributed by atoms with Crippen LogP contribution in [0.25, 0.3) is 0 Å². The van der Waals surface area contributed by atoms with E-state index in [0.29, 0.717) is 0 Å². The number of hydrogen-bond acceptors (Lipinski definition) is 2. The molecule has 2 heteroatoms. The fraction of sp³-hybridized carbons (Fsp3) is 0.684. The van der Waals surface area contributed by atoms with Gasteiger partial charge in [-0.2, -0.15) is 0 Å². The van der Waals surface area contributed by atoms with Crippen molar-refractivity contribution in [2.75, 3.05) is 18.5 Å². The Morgan fingerprint density at radius 3 is 2.71 bits per heavy atom. The summed E-state index contributed by atoms with van der Waals surface area (Å²) in [4.78, 5) is 2.49. The maximum absolute atomic E-state index is 6.04. The molecule has 2 fully saturated rings. The molecule has 0 heterocycles. The zero-order valence-electron chi connectivity index (χ0n) is 13.8. The van der Waals surface area contributed by atoms with Crippen LogP contribution in [0.2, 0.25) is 0 Å². The Bertz CT molecular complexity index is 494. The number of aryl methyl sites for hydroxylation is 1. The molecule has 2 bridgehead atoms. The van der Waals surface area contributed by atoms with Gasteiger partial charge < -0.3 is 10.6 Å². The summed E-state index contributed by atoms with van der Waals surface area (Å²) < 4.78 is 0. The van der Waals surface area contributed by atoms with E-state index in [-0.39, 0.29) is 6.04 Å². The van der Waals surface area contributed by atoms with Crippen molar-refractivity contribution in [2.45, 2.75) is 52.0 Å². The van der Waals surface area contributed by atoms with Crippen molar-refractivity contribution >= 4 is 5.69 Å². The van der Waals surface area contributed by atoms with Crippen molar-refractivity contribution in [1.82, 2.24) is 0 Å². The molecular weight excluding hydrogens is 256 g/mol. The number of nitrogens with two attached hydrogens (primary N) is 1. The van der Waals surface area contributed by atoms with Crippen LogP contribution in [-0.4, -0.2) is 19.6 Å². The van der Waals surface area contributed by atoms with Gasteiger partial charge in [0.2, 0.25) is 0 Å². The Morgan fingerprint density at radius 2 is 2.10 bits per heavy atom. The summed E-state index contributed by atoms with van der Waals surface area (Å²) in [6, 6.07) is 7.06. The number of nitrogens with zero attached hydrogens (tertiary/aromatic N) is 1. The van der Waals surface area contributed by atoms with Crippen LogP contribution >= 0.6 is 0 Å². The maximum Gasteiger partial charge on any atom is 0.0397 e. The monoisotopic (exact) mass is 286 g/mol. The van der Waals surface area contributed by atoms with Gasteiger partial charge in [0, 0.05) is 25.3 Å². The Kier molecular flexibility index (Phi) is 4.26. The van der Waals surface area contributed by atoms with E-state index in [0.717, 1.165) is 24.2 Å². The van der Waals surface area contributed by atoms with Gasteiger partial charge in [0.05, 0.1) is 0 Å². The minimum absolute atomic E-state index is 0.224. The molecular formula is C19H30N2. The van der Waals surface area contributed by atoms with E-state index in [2.05, 4.69) is 44.0 Å². The first kappa shape index (κ1) is 14.9. The van der Waals surface area contributed by atoms with E-state index in [1.54, 1.807) is 0 Å². The zero-order chi connectivity index (χ0) is 15.0.